The van der Waals surface area contributed by atoms with E-state index in [1.165, 1.54) is 6.21 Å². The lowest BCUT2D eigenvalue weighted by Crippen LogP contribution is -1.93. The van der Waals surface area contributed by atoms with Crippen molar-refractivity contribution in [3.63, 3.8) is 0 Å². The van der Waals surface area contributed by atoms with E-state index in [1.807, 2.05) is 60.7 Å². The summed E-state index contributed by atoms with van der Waals surface area (Å²) in [5, 5.41) is 15.0. The van der Waals surface area contributed by atoms with Crippen molar-refractivity contribution in [1.82, 2.24) is 9.97 Å². The molecular weight excluding hydrogens is 316 g/mol. The average Bonchev–Trinajstić information content (AvgIpc) is 3.03. The molecule has 4 rings (SSSR count). The maximum Gasteiger partial charge on any atom is 0.312 e. The minimum Gasteiger partial charge on any atom is -0.479 e. The summed E-state index contributed by atoms with van der Waals surface area (Å²) in [5.74, 6) is 0.0619. The summed E-state index contributed by atoms with van der Waals surface area (Å²) >= 11 is 0. The second kappa shape index (κ2) is 6.45. The molecule has 0 unspecified atom stereocenters. The summed E-state index contributed by atoms with van der Waals surface area (Å²) in [7, 11) is 0. The number of hydrogen-bond acceptors (Lipinski definition) is 6. The highest BCUT2D eigenvalue weighted by atomic mass is 16.5. The second-order valence-corrected chi connectivity index (χ2v) is 5.33. The molecule has 0 aliphatic rings. The molecule has 6 nitrogen and oxygen atoms in total. The maximum absolute atomic E-state index is 9.90. The van der Waals surface area contributed by atoms with Gasteiger partial charge in [0, 0.05) is 17.1 Å². The topological polar surface area (TPSA) is 83.5 Å². The van der Waals surface area contributed by atoms with Gasteiger partial charge in [-0.15, -0.1) is 0 Å². The summed E-state index contributed by atoms with van der Waals surface area (Å²) in [4.78, 5) is 8.60. The fraction of sp³-hybridized carbons (Fsp3) is 0. The first kappa shape index (κ1) is 14.9. The SMILES string of the molecule is Oc1oc(-c2ccccc2)nc1/C=N\Nc1cccc2cccnc12. The van der Waals surface area contributed by atoms with Crippen molar-refractivity contribution < 1.29 is 9.52 Å². The van der Waals surface area contributed by atoms with Gasteiger partial charge < -0.3 is 9.52 Å². The van der Waals surface area contributed by atoms with Crippen LogP contribution in [0.1, 0.15) is 5.69 Å². The molecule has 2 N–H and O–H groups in total. The Morgan fingerprint density at radius 3 is 2.72 bits per heavy atom. The number of pyridine rings is 1. The van der Waals surface area contributed by atoms with Gasteiger partial charge in [-0.05, 0) is 24.3 Å². The van der Waals surface area contributed by atoms with Gasteiger partial charge in [0.1, 0.15) is 0 Å². The normalized spacial score (nSPS) is 11.2. The third-order valence-electron chi connectivity index (χ3n) is 3.66. The molecule has 0 aliphatic heterocycles. The molecule has 0 bridgehead atoms. The molecule has 2 aromatic heterocycles. The van der Waals surface area contributed by atoms with Gasteiger partial charge in [0.2, 0.25) is 5.89 Å². The monoisotopic (exact) mass is 330 g/mol. The van der Waals surface area contributed by atoms with Crippen LogP contribution >= 0.6 is 0 Å². The molecule has 0 atom stereocenters. The molecule has 25 heavy (non-hydrogen) atoms. The van der Waals surface area contributed by atoms with Crippen LogP contribution in [0, 0.1) is 0 Å². The van der Waals surface area contributed by atoms with E-state index in [1.54, 1.807) is 6.20 Å². The van der Waals surface area contributed by atoms with Crippen LogP contribution in [-0.4, -0.2) is 21.3 Å². The van der Waals surface area contributed by atoms with E-state index in [4.69, 9.17) is 4.42 Å². The van der Waals surface area contributed by atoms with E-state index < -0.39 is 0 Å². The molecule has 0 aliphatic carbocycles. The van der Waals surface area contributed by atoms with Gasteiger partial charge in [-0.1, -0.05) is 36.4 Å². The highest BCUT2D eigenvalue weighted by molar-refractivity contribution is 5.90. The van der Waals surface area contributed by atoms with Crippen molar-refractivity contribution in [1.29, 1.82) is 0 Å². The number of nitrogens with zero attached hydrogens (tertiary/aromatic N) is 3. The molecule has 122 valence electrons. The molecule has 0 spiro atoms. The Morgan fingerprint density at radius 1 is 1.00 bits per heavy atom. The van der Waals surface area contributed by atoms with Crippen molar-refractivity contribution in [2.45, 2.75) is 0 Å². The zero-order chi connectivity index (χ0) is 17.1. The standard InChI is InChI=1S/C19H14N4O2/c24-19-16(22-18(25-19)14-6-2-1-3-7-14)12-21-23-15-10-4-8-13-9-5-11-20-17(13)15/h1-12,23-24H/b21-12-. The predicted octanol–water partition coefficient (Wildman–Crippen LogP) is 4.04. The Morgan fingerprint density at radius 2 is 1.84 bits per heavy atom. The van der Waals surface area contributed by atoms with Gasteiger partial charge in [0.25, 0.3) is 0 Å². The van der Waals surface area contributed by atoms with Gasteiger partial charge in [0.05, 0.1) is 17.4 Å². The van der Waals surface area contributed by atoms with Gasteiger partial charge in [0.15, 0.2) is 5.69 Å². The molecule has 2 aromatic carbocycles. The Kier molecular flexibility index (Phi) is 3.84. The van der Waals surface area contributed by atoms with E-state index in [2.05, 4.69) is 20.5 Å². The van der Waals surface area contributed by atoms with Crippen molar-refractivity contribution in [2.24, 2.45) is 5.10 Å². The highest BCUT2D eigenvalue weighted by Crippen LogP contribution is 2.25. The van der Waals surface area contributed by atoms with Crippen LogP contribution in [0.5, 0.6) is 5.95 Å². The smallest absolute Gasteiger partial charge is 0.312 e. The first-order valence-electron chi connectivity index (χ1n) is 7.69. The molecule has 0 amide bonds. The van der Waals surface area contributed by atoms with E-state index in [-0.39, 0.29) is 11.6 Å². The number of fused-ring (bicyclic) bond motifs is 1. The third-order valence-corrected chi connectivity index (χ3v) is 3.66. The second-order valence-electron chi connectivity index (χ2n) is 5.33. The zero-order valence-corrected chi connectivity index (χ0v) is 13.1. The van der Waals surface area contributed by atoms with Crippen molar-refractivity contribution >= 4 is 22.8 Å². The van der Waals surface area contributed by atoms with Crippen LogP contribution in [0.25, 0.3) is 22.4 Å². The fourth-order valence-corrected chi connectivity index (χ4v) is 2.47. The first-order chi connectivity index (χ1) is 12.3. The Hall–Kier alpha value is -3.67. The van der Waals surface area contributed by atoms with Crippen LogP contribution in [0.15, 0.2) is 76.4 Å². The van der Waals surface area contributed by atoms with Crippen LogP contribution in [0.3, 0.4) is 0 Å². The summed E-state index contributed by atoms with van der Waals surface area (Å²) in [6.07, 6.45) is 3.14. The summed E-state index contributed by atoms with van der Waals surface area (Å²) in [6, 6.07) is 19.0. The number of aromatic nitrogens is 2. The molecular formula is C19H14N4O2. The number of rotatable bonds is 4. The number of anilines is 1. The van der Waals surface area contributed by atoms with Crippen molar-refractivity contribution in [3.05, 3.63) is 72.6 Å². The summed E-state index contributed by atoms with van der Waals surface area (Å²) < 4.78 is 5.29. The average molecular weight is 330 g/mol. The number of hydrogen-bond donors (Lipinski definition) is 2. The van der Waals surface area contributed by atoms with Crippen molar-refractivity contribution in [3.8, 4) is 17.4 Å². The van der Waals surface area contributed by atoms with Crippen LogP contribution in [0.4, 0.5) is 5.69 Å². The molecule has 0 fully saturated rings. The van der Waals surface area contributed by atoms with Crippen LogP contribution < -0.4 is 5.43 Å². The Balaban J connectivity index is 1.57. The van der Waals surface area contributed by atoms with E-state index in [0.29, 0.717) is 5.89 Å². The quantitative estimate of drug-likeness (QED) is 0.436. The van der Waals surface area contributed by atoms with E-state index in [0.717, 1.165) is 22.2 Å². The molecule has 6 heteroatoms. The minimum absolute atomic E-state index is 0.250. The highest BCUT2D eigenvalue weighted by Gasteiger charge is 2.11. The van der Waals surface area contributed by atoms with E-state index >= 15 is 0 Å². The first-order valence-corrected chi connectivity index (χ1v) is 7.69. The number of hydrazone groups is 1. The molecule has 2 heterocycles. The number of oxazole rings is 1. The fourth-order valence-electron chi connectivity index (χ4n) is 2.47. The molecule has 0 saturated heterocycles. The van der Waals surface area contributed by atoms with Gasteiger partial charge in [-0.25, -0.2) is 4.98 Å². The largest absolute Gasteiger partial charge is 0.479 e. The molecule has 0 radical (unpaired) electrons. The number of para-hydroxylation sites is 1. The van der Waals surface area contributed by atoms with Gasteiger partial charge >= 0.3 is 5.95 Å². The van der Waals surface area contributed by atoms with Gasteiger partial charge in [-0.2, -0.15) is 5.10 Å². The van der Waals surface area contributed by atoms with Crippen LogP contribution in [-0.2, 0) is 0 Å². The van der Waals surface area contributed by atoms with Crippen LogP contribution in [0.2, 0.25) is 0 Å². The minimum atomic E-state index is -0.277. The predicted molar refractivity (Wildman–Crippen MR) is 96.6 cm³/mol. The maximum atomic E-state index is 9.90. The lowest BCUT2D eigenvalue weighted by Gasteiger charge is -2.03. The Bertz CT molecular complexity index is 1040. The number of benzene rings is 2. The zero-order valence-electron chi connectivity index (χ0n) is 13.1. The van der Waals surface area contributed by atoms with Crippen molar-refractivity contribution in [2.75, 3.05) is 5.43 Å². The summed E-state index contributed by atoms with van der Waals surface area (Å²) in [6.45, 7) is 0. The molecule has 0 saturated carbocycles. The lowest BCUT2D eigenvalue weighted by molar-refractivity contribution is 0.337. The molecule has 4 aromatic rings. The number of aromatic hydroxyl groups is 1. The summed E-state index contributed by atoms with van der Waals surface area (Å²) in [5.41, 5.74) is 5.54. The third kappa shape index (κ3) is 3.05. The lowest BCUT2D eigenvalue weighted by atomic mass is 10.2. The van der Waals surface area contributed by atoms with Gasteiger partial charge in [-0.3, -0.25) is 10.4 Å². The Labute approximate surface area is 143 Å². The van der Waals surface area contributed by atoms with E-state index in [9.17, 15) is 5.11 Å². The number of nitrogens with one attached hydrogen (secondary N) is 1.